The largest absolute Gasteiger partial charge is 0.340 e. The van der Waals surface area contributed by atoms with Crippen LogP contribution in [0, 0.1) is 5.92 Å². The molecule has 2 heterocycles. The van der Waals surface area contributed by atoms with Crippen LogP contribution in [0.3, 0.4) is 0 Å². The van der Waals surface area contributed by atoms with E-state index in [4.69, 9.17) is 0 Å². The molecular formula is C23H23N3O2. The molecule has 3 aromatic rings. The Bertz CT molecular complexity index is 1040. The number of aromatic nitrogens is 2. The first-order chi connectivity index (χ1) is 13.7. The van der Waals surface area contributed by atoms with E-state index in [2.05, 4.69) is 29.2 Å². The number of hydrogen-bond donors (Lipinski definition) is 0. The van der Waals surface area contributed by atoms with Crippen molar-refractivity contribution in [1.82, 2.24) is 14.5 Å². The van der Waals surface area contributed by atoms with Crippen molar-refractivity contribution in [3.63, 3.8) is 0 Å². The van der Waals surface area contributed by atoms with E-state index >= 15 is 0 Å². The summed E-state index contributed by atoms with van der Waals surface area (Å²) in [6.07, 6.45) is 8.94. The van der Waals surface area contributed by atoms with Gasteiger partial charge in [-0.2, -0.15) is 0 Å². The number of carbonyl (C=O) groups excluding carboxylic acids is 2. The zero-order valence-electron chi connectivity index (χ0n) is 15.8. The first kappa shape index (κ1) is 17.2. The highest BCUT2D eigenvalue weighted by atomic mass is 16.2. The molecule has 2 aliphatic rings. The molecule has 5 heteroatoms. The van der Waals surface area contributed by atoms with Gasteiger partial charge in [0.05, 0.1) is 6.33 Å². The van der Waals surface area contributed by atoms with Crippen molar-refractivity contribution >= 4 is 22.5 Å². The molecule has 5 rings (SSSR count). The minimum Gasteiger partial charge on any atom is -0.340 e. The van der Waals surface area contributed by atoms with Crippen LogP contribution in [0.15, 0.2) is 49.1 Å². The minimum absolute atomic E-state index is 0.0518. The van der Waals surface area contributed by atoms with E-state index in [9.17, 15) is 9.59 Å². The van der Waals surface area contributed by atoms with E-state index in [0.29, 0.717) is 6.54 Å². The van der Waals surface area contributed by atoms with Crippen molar-refractivity contribution < 1.29 is 9.59 Å². The number of imidazole rings is 1. The smallest absolute Gasteiger partial charge is 0.242 e. The first-order valence-electron chi connectivity index (χ1n) is 10.0. The molecule has 5 nitrogen and oxygen atoms in total. The molecule has 1 aromatic heterocycles. The minimum atomic E-state index is -0.126. The fourth-order valence-corrected chi connectivity index (χ4v) is 4.74. The van der Waals surface area contributed by atoms with E-state index in [-0.39, 0.29) is 24.2 Å². The highest BCUT2D eigenvalue weighted by Gasteiger charge is 2.30. The van der Waals surface area contributed by atoms with Crippen molar-refractivity contribution in [2.45, 2.75) is 32.2 Å². The molecule has 1 aliphatic carbocycles. The van der Waals surface area contributed by atoms with Gasteiger partial charge in [-0.25, -0.2) is 4.98 Å². The Morgan fingerprint density at radius 3 is 2.79 bits per heavy atom. The van der Waals surface area contributed by atoms with E-state index in [0.717, 1.165) is 43.2 Å². The lowest BCUT2D eigenvalue weighted by Crippen LogP contribution is -2.43. The maximum Gasteiger partial charge on any atom is 0.242 e. The van der Waals surface area contributed by atoms with Crippen molar-refractivity contribution in [3.8, 4) is 0 Å². The third kappa shape index (κ3) is 2.91. The molecule has 1 aliphatic heterocycles. The van der Waals surface area contributed by atoms with Gasteiger partial charge in [0.2, 0.25) is 5.91 Å². The van der Waals surface area contributed by atoms with E-state index < -0.39 is 0 Å². The standard InChI is InChI=1S/C23H23N3O2/c27-21(14-25-12-10-24-15-25)26-11-2-4-18(13-26)23(28)20-9-8-17-7-6-16-3-1-5-19(20)22(16)17/h1,3,5,8-10,12,15,18H,2,4,6-7,11,13-14H2/t18-/m1/s1. The Hall–Kier alpha value is -2.95. The second-order valence-electron chi connectivity index (χ2n) is 7.89. The number of likely N-dealkylation sites (tertiary alicyclic amines) is 1. The molecule has 142 valence electrons. The lowest BCUT2D eigenvalue weighted by atomic mass is 9.87. The zero-order chi connectivity index (χ0) is 19.1. The summed E-state index contributed by atoms with van der Waals surface area (Å²) in [5.41, 5.74) is 3.52. The maximum atomic E-state index is 13.4. The number of piperidine rings is 1. The van der Waals surface area contributed by atoms with Crippen LogP contribution in [-0.2, 0) is 24.2 Å². The van der Waals surface area contributed by atoms with Gasteiger partial charge < -0.3 is 9.47 Å². The summed E-state index contributed by atoms with van der Waals surface area (Å²) in [5.74, 6) is 0.102. The number of rotatable bonds is 4. The number of hydrogen-bond acceptors (Lipinski definition) is 3. The van der Waals surface area contributed by atoms with Gasteiger partial charge in [0.1, 0.15) is 6.54 Å². The van der Waals surface area contributed by atoms with Crippen LogP contribution in [0.2, 0.25) is 0 Å². The molecular weight excluding hydrogens is 350 g/mol. The monoisotopic (exact) mass is 373 g/mol. The van der Waals surface area contributed by atoms with E-state index in [1.165, 1.54) is 16.5 Å². The van der Waals surface area contributed by atoms with E-state index in [1.54, 1.807) is 23.3 Å². The molecule has 28 heavy (non-hydrogen) atoms. The third-order valence-corrected chi connectivity index (χ3v) is 6.16. The topological polar surface area (TPSA) is 55.2 Å². The normalized spacial score (nSPS) is 18.6. The van der Waals surface area contributed by atoms with Gasteiger partial charge >= 0.3 is 0 Å². The Labute approximate surface area is 164 Å². The highest BCUT2D eigenvalue weighted by Crippen LogP contribution is 2.34. The van der Waals surface area contributed by atoms with Crippen LogP contribution in [0.4, 0.5) is 0 Å². The SMILES string of the molecule is O=C(c1ccc2c3c(cccc13)CC2)[C@@H]1CCCN(C(=O)Cn2ccnc2)C1. The summed E-state index contributed by atoms with van der Waals surface area (Å²) in [4.78, 5) is 31.9. The predicted octanol–water partition coefficient (Wildman–Crippen LogP) is 3.26. The second kappa shape index (κ2) is 6.89. The Kier molecular flexibility index (Phi) is 4.23. The number of ketones is 1. The zero-order valence-corrected chi connectivity index (χ0v) is 15.8. The molecule has 2 aromatic carbocycles. The van der Waals surface area contributed by atoms with Crippen LogP contribution < -0.4 is 0 Å². The fourth-order valence-electron chi connectivity index (χ4n) is 4.74. The van der Waals surface area contributed by atoms with Crippen LogP contribution in [0.5, 0.6) is 0 Å². The lowest BCUT2D eigenvalue weighted by Gasteiger charge is -2.32. The average Bonchev–Trinajstić information content (AvgIpc) is 3.39. The van der Waals surface area contributed by atoms with Gasteiger partial charge in [-0.3, -0.25) is 9.59 Å². The average molecular weight is 373 g/mol. The number of amides is 1. The molecule has 0 bridgehead atoms. The van der Waals surface area contributed by atoms with Crippen molar-refractivity contribution in [1.29, 1.82) is 0 Å². The maximum absolute atomic E-state index is 13.4. The van der Waals surface area contributed by atoms with Gasteiger partial charge in [0, 0.05) is 37.0 Å². The first-order valence-corrected chi connectivity index (χ1v) is 10.0. The summed E-state index contributed by atoms with van der Waals surface area (Å²) in [6.45, 7) is 1.51. The number of benzene rings is 2. The Morgan fingerprint density at radius 1 is 1.11 bits per heavy atom. The number of nitrogens with zero attached hydrogens (tertiary/aromatic N) is 3. The van der Waals surface area contributed by atoms with E-state index in [1.807, 2.05) is 11.0 Å². The summed E-state index contributed by atoms with van der Waals surface area (Å²) in [5, 5.41) is 2.36. The summed E-state index contributed by atoms with van der Waals surface area (Å²) in [7, 11) is 0. The molecule has 0 saturated carbocycles. The second-order valence-corrected chi connectivity index (χ2v) is 7.89. The fraction of sp³-hybridized carbons (Fsp3) is 0.348. The summed E-state index contributed by atoms with van der Waals surface area (Å²) >= 11 is 0. The molecule has 1 atom stereocenters. The van der Waals surface area contributed by atoms with Crippen molar-refractivity contribution in [2.75, 3.05) is 13.1 Å². The Balaban J connectivity index is 1.38. The van der Waals surface area contributed by atoms with Crippen LogP contribution >= 0.6 is 0 Å². The molecule has 1 saturated heterocycles. The predicted molar refractivity (Wildman–Crippen MR) is 107 cm³/mol. The third-order valence-electron chi connectivity index (χ3n) is 6.16. The van der Waals surface area contributed by atoms with Crippen molar-refractivity contribution in [2.24, 2.45) is 5.92 Å². The number of Topliss-reactive ketones (excluding diaryl/α,β-unsaturated/α-hetero) is 1. The number of aryl methyl sites for hydroxylation is 2. The number of carbonyl (C=O) groups is 2. The summed E-state index contributed by atoms with van der Waals surface area (Å²) in [6, 6.07) is 10.4. The van der Waals surface area contributed by atoms with Gasteiger partial charge in [-0.1, -0.05) is 30.3 Å². The molecule has 0 radical (unpaired) electrons. The Morgan fingerprint density at radius 2 is 1.96 bits per heavy atom. The van der Waals surface area contributed by atoms with Gasteiger partial charge in [0.25, 0.3) is 0 Å². The van der Waals surface area contributed by atoms with Gasteiger partial charge in [0.15, 0.2) is 5.78 Å². The van der Waals surface area contributed by atoms with Crippen LogP contribution in [0.1, 0.15) is 34.3 Å². The molecule has 0 spiro atoms. The molecule has 1 fully saturated rings. The molecule has 0 unspecified atom stereocenters. The van der Waals surface area contributed by atoms with Crippen molar-refractivity contribution in [3.05, 3.63) is 65.7 Å². The van der Waals surface area contributed by atoms with Crippen LogP contribution in [0.25, 0.3) is 10.8 Å². The lowest BCUT2D eigenvalue weighted by molar-refractivity contribution is -0.133. The van der Waals surface area contributed by atoms with Crippen LogP contribution in [-0.4, -0.2) is 39.2 Å². The summed E-state index contributed by atoms with van der Waals surface area (Å²) < 4.78 is 1.77. The highest BCUT2D eigenvalue weighted by molar-refractivity contribution is 6.11. The molecule has 0 N–H and O–H groups in total. The van der Waals surface area contributed by atoms with Gasteiger partial charge in [-0.15, -0.1) is 0 Å². The van der Waals surface area contributed by atoms with Gasteiger partial charge in [-0.05, 0) is 47.6 Å². The quantitative estimate of drug-likeness (QED) is 0.660. The molecule has 1 amide bonds.